The predicted molar refractivity (Wildman–Crippen MR) is 62.7 cm³/mol. The van der Waals surface area contributed by atoms with Crippen molar-refractivity contribution in [2.75, 3.05) is 0 Å². The molecular formula is C13H22N2. The lowest BCUT2D eigenvalue weighted by molar-refractivity contribution is 0.372. The van der Waals surface area contributed by atoms with E-state index in [0.29, 0.717) is 0 Å². The highest BCUT2D eigenvalue weighted by molar-refractivity contribution is 4.76. The van der Waals surface area contributed by atoms with E-state index in [1.54, 1.807) is 0 Å². The van der Waals surface area contributed by atoms with Crippen LogP contribution in [-0.4, -0.2) is 9.55 Å². The van der Waals surface area contributed by atoms with Gasteiger partial charge in [0.2, 0.25) is 0 Å². The summed E-state index contributed by atoms with van der Waals surface area (Å²) in [6, 6.07) is 0. The number of rotatable bonds is 2. The summed E-state index contributed by atoms with van der Waals surface area (Å²) in [6.45, 7) is 1.18. The Hall–Kier alpha value is -0.790. The van der Waals surface area contributed by atoms with Crippen LogP contribution in [0.1, 0.15) is 51.4 Å². The molecule has 2 heteroatoms. The number of hydrogen-bond donors (Lipinski definition) is 0. The molecule has 1 heterocycles. The summed E-state index contributed by atoms with van der Waals surface area (Å²) in [5, 5.41) is 0. The Morgan fingerprint density at radius 3 is 2.27 bits per heavy atom. The van der Waals surface area contributed by atoms with Crippen molar-refractivity contribution in [3.63, 3.8) is 0 Å². The van der Waals surface area contributed by atoms with Crippen molar-refractivity contribution in [3.8, 4) is 0 Å². The third-order valence-electron chi connectivity index (χ3n) is 3.50. The molecule has 0 aliphatic heterocycles. The molecule has 0 amide bonds. The van der Waals surface area contributed by atoms with Gasteiger partial charge in [0, 0.05) is 18.9 Å². The maximum atomic E-state index is 4.11. The molecule has 0 atom stereocenters. The Morgan fingerprint density at radius 1 is 1.00 bits per heavy atom. The fourth-order valence-electron chi connectivity index (χ4n) is 2.59. The molecule has 1 aromatic heterocycles. The zero-order chi connectivity index (χ0) is 10.3. The van der Waals surface area contributed by atoms with Crippen LogP contribution in [0.15, 0.2) is 18.7 Å². The molecule has 1 aromatic rings. The van der Waals surface area contributed by atoms with Gasteiger partial charge in [0.05, 0.1) is 6.33 Å². The molecule has 1 fully saturated rings. The van der Waals surface area contributed by atoms with Crippen molar-refractivity contribution in [1.82, 2.24) is 9.55 Å². The second kappa shape index (κ2) is 5.94. The highest BCUT2D eigenvalue weighted by atomic mass is 15.0. The average Bonchev–Trinajstić information content (AvgIpc) is 2.75. The smallest absolute Gasteiger partial charge is 0.0945 e. The van der Waals surface area contributed by atoms with Crippen LogP contribution < -0.4 is 0 Å². The molecule has 0 radical (unpaired) electrons. The topological polar surface area (TPSA) is 17.8 Å². The zero-order valence-corrected chi connectivity index (χ0v) is 9.57. The number of aromatic nitrogens is 2. The monoisotopic (exact) mass is 206 g/mol. The van der Waals surface area contributed by atoms with Crippen LogP contribution in [0.5, 0.6) is 0 Å². The molecule has 0 unspecified atom stereocenters. The molecule has 2 nitrogen and oxygen atoms in total. The fraction of sp³-hybridized carbons (Fsp3) is 0.769. The summed E-state index contributed by atoms with van der Waals surface area (Å²) in [5.41, 5.74) is 0. The van der Waals surface area contributed by atoms with E-state index in [0.717, 1.165) is 5.92 Å². The van der Waals surface area contributed by atoms with E-state index in [9.17, 15) is 0 Å². The van der Waals surface area contributed by atoms with Crippen LogP contribution in [0.2, 0.25) is 0 Å². The average molecular weight is 206 g/mol. The number of nitrogens with zero attached hydrogens (tertiary/aromatic N) is 2. The second-order valence-electron chi connectivity index (χ2n) is 4.82. The molecule has 1 aliphatic rings. The van der Waals surface area contributed by atoms with Gasteiger partial charge in [-0.2, -0.15) is 0 Å². The van der Waals surface area contributed by atoms with Gasteiger partial charge in [0.1, 0.15) is 0 Å². The van der Waals surface area contributed by atoms with Crippen molar-refractivity contribution < 1.29 is 0 Å². The highest BCUT2D eigenvalue weighted by Gasteiger charge is 2.10. The lowest BCUT2D eigenvalue weighted by atomic mass is 9.97. The van der Waals surface area contributed by atoms with Crippen molar-refractivity contribution in [3.05, 3.63) is 18.7 Å². The SMILES string of the molecule is c1cn(CC2CCCCCCCC2)cn1. The van der Waals surface area contributed by atoms with Crippen molar-refractivity contribution in [2.24, 2.45) is 5.92 Å². The third-order valence-corrected chi connectivity index (χ3v) is 3.50. The Bertz CT molecular complexity index is 244. The highest BCUT2D eigenvalue weighted by Crippen LogP contribution is 2.22. The van der Waals surface area contributed by atoms with E-state index >= 15 is 0 Å². The van der Waals surface area contributed by atoms with Gasteiger partial charge in [-0.05, 0) is 18.8 Å². The van der Waals surface area contributed by atoms with Gasteiger partial charge in [-0.25, -0.2) is 4.98 Å². The third kappa shape index (κ3) is 3.69. The van der Waals surface area contributed by atoms with Crippen molar-refractivity contribution in [1.29, 1.82) is 0 Å². The quantitative estimate of drug-likeness (QED) is 0.722. The minimum Gasteiger partial charge on any atom is -0.337 e. The largest absolute Gasteiger partial charge is 0.337 e. The van der Waals surface area contributed by atoms with Crippen LogP contribution in [0, 0.1) is 5.92 Å². The fourth-order valence-corrected chi connectivity index (χ4v) is 2.59. The standard InChI is InChI=1S/C13H22N2/c1-2-4-6-8-13(7-5-3-1)11-15-10-9-14-12-15/h9-10,12-13H,1-8,11H2. The van der Waals surface area contributed by atoms with Gasteiger partial charge in [0.15, 0.2) is 0 Å². The normalized spacial score (nSPS) is 20.5. The van der Waals surface area contributed by atoms with Gasteiger partial charge >= 0.3 is 0 Å². The molecule has 0 N–H and O–H groups in total. The molecule has 84 valence electrons. The van der Waals surface area contributed by atoms with Crippen LogP contribution in [0.3, 0.4) is 0 Å². The van der Waals surface area contributed by atoms with Crippen LogP contribution in [0.4, 0.5) is 0 Å². The summed E-state index contributed by atoms with van der Waals surface area (Å²) in [6.07, 6.45) is 17.4. The van der Waals surface area contributed by atoms with Crippen molar-refractivity contribution >= 4 is 0 Å². The van der Waals surface area contributed by atoms with E-state index in [1.165, 1.54) is 57.9 Å². The molecule has 15 heavy (non-hydrogen) atoms. The molecule has 0 aromatic carbocycles. The first-order valence-electron chi connectivity index (χ1n) is 6.41. The van der Waals surface area contributed by atoms with E-state index < -0.39 is 0 Å². The number of imidazole rings is 1. The molecule has 0 spiro atoms. The Balaban J connectivity index is 1.82. The zero-order valence-electron chi connectivity index (χ0n) is 9.57. The lowest BCUT2D eigenvalue weighted by Crippen LogP contribution is -2.09. The van der Waals surface area contributed by atoms with Gasteiger partial charge in [-0.15, -0.1) is 0 Å². The van der Waals surface area contributed by atoms with E-state index in [2.05, 4.69) is 15.7 Å². The molecular weight excluding hydrogens is 184 g/mol. The van der Waals surface area contributed by atoms with Crippen molar-refractivity contribution in [2.45, 2.75) is 57.9 Å². The van der Waals surface area contributed by atoms with Gasteiger partial charge in [-0.1, -0.05) is 38.5 Å². The maximum absolute atomic E-state index is 4.11. The van der Waals surface area contributed by atoms with Crippen LogP contribution in [-0.2, 0) is 6.54 Å². The Labute approximate surface area is 92.7 Å². The first-order chi connectivity index (χ1) is 7.45. The predicted octanol–water partition coefficient (Wildman–Crippen LogP) is 3.63. The summed E-state index contributed by atoms with van der Waals surface area (Å²) >= 11 is 0. The van der Waals surface area contributed by atoms with E-state index in [-0.39, 0.29) is 0 Å². The summed E-state index contributed by atoms with van der Waals surface area (Å²) in [5.74, 6) is 0.886. The molecule has 0 bridgehead atoms. The first-order valence-corrected chi connectivity index (χ1v) is 6.41. The Morgan fingerprint density at radius 2 is 1.67 bits per heavy atom. The maximum Gasteiger partial charge on any atom is 0.0945 e. The van der Waals surface area contributed by atoms with Gasteiger partial charge in [-0.3, -0.25) is 0 Å². The minimum atomic E-state index is 0.886. The van der Waals surface area contributed by atoms with E-state index in [4.69, 9.17) is 0 Å². The number of hydrogen-bond acceptors (Lipinski definition) is 1. The summed E-state index contributed by atoms with van der Waals surface area (Å²) < 4.78 is 2.24. The molecule has 1 saturated carbocycles. The van der Waals surface area contributed by atoms with Gasteiger partial charge in [0.25, 0.3) is 0 Å². The summed E-state index contributed by atoms with van der Waals surface area (Å²) in [7, 11) is 0. The van der Waals surface area contributed by atoms with E-state index in [1.807, 2.05) is 12.5 Å². The van der Waals surface area contributed by atoms with Gasteiger partial charge < -0.3 is 4.57 Å². The first kappa shape index (κ1) is 10.7. The second-order valence-corrected chi connectivity index (χ2v) is 4.82. The molecule has 0 saturated heterocycles. The lowest BCUT2D eigenvalue weighted by Gasteiger charge is -2.16. The molecule has 1 aliphatic carbocycles. The minimum absolute atomic E-state index is 0.886. The summed E-state index contributed by atoms with van der Waals surface area (Å²) in [4.78, 5) is 4.11. The van der Waals surface area contributed by atoms with Crippen LogP contribution >= 0.6 is 0 Å². The molecule has 2 rings (SSSR count). The van der Waals surface area contributed by atoms with Crippen LogP contribution in [0.25, 0.3) is 0 Å². The Kier molecular flexibility index (Phi) is 4.24.